The highest BCUT2D eigenvalue weighted by Gasteiger charge is 2.45. The number of aromatic nitrogens is 3. The third-order valence-corrected chi connectivity index (χ3v) is 8.58. The maximum Gasteiger partial charge on any atom is 0.274 e. The van der Waals surface area contributed by atoms with Crippen molar-refractivity contribution in [3.63, 3.8) is 0 Å². The third-order valence-electron chi connectivity index (χ3n) is 6.74. The van der Waals surface area contributed by atoms with Gasteiger partial charge in [-0.2, -0.15) is 0 Å². The first-order valence-electron chi connectivity index (χ1n) is 11.0. The van der Waals surface area contributed by atoms with Gasteiger partial charge >= 0.3 is 0 Å². The lowest BCUT2D eigenvalue weighted by Gasteiger charge is -2.33. The lowest BCUT2D eigenvalue weighted by atomic mass is 9.97. The highest BCUT2D eigenvalue weighted by atomic mass is 79.9. The number of imidazole rings is 1. The van der Waals surface area contributed by atoms with Gasteiger partial charge in [0, 0.05) is 17.1 Å². The van der Waals surface area contributed by atoms with Gasteiger partial charge in [0.25, 0.3) is 5.91 Å². The number of rotatable bonds is 3. The van der Waals surface area contributed by atoms with E-state index in [-0.39, 0.29) is 11.6 Å². The summed E-state index contributed by atoms with van der Waals surface area (Å²) in [6.07, 6.45) is 1.55. The predicted molar refractivity (Wildman–Crippen MR) is 133 cm³/mol. The molecule has 1 aliphatic heterocycles. The minimum atomic E-state index is -0.690. The summed E-state index contributed by atoms with van der Waals surface area (Å²) in [5.41, 5.74) is 3.86. The van der Waals surface area contributed by atoms with Gasteiger partial charge in [0.05, 0.1) is 26.5 Å². The molecule has 0 spiro atoms. The number of fused-ring (bicyclic) bond motifs is 1. The van der Waals surface area contributed by atoms with Crippen molar-refractivity contribution in [1.82, 2.24) is 19.9 Å². The molecule has 1 atom stereocenters. The average molecular weight is 545 g/mol. The summed E-state index contributed by atoms with van der Waals surface area (Å²) in [5, 5.41) is 0.656. The zero-order valence-corrected chi connectivity index (χ0v) is 21.6. The summed E-state index contributed by atoms with van der Waals surface area (Å²) < 4.78 is 28.8. The molecule has 1 fully saturated rings. The van der Waals surface area contributed by atoms with Gasteiger partial charge in [-0.3, -0.25) is 4.79 Å². The summed E-state index contributed by atoms with van der Waals surface area (Å²) in [6.45, 7) is 8.41. The number of hydrogen-bond donors (Lipinski definition) is 1. The van der Waals surface area contributed by atoms with Crippen LogP contribution >= 0.6 is 27.3 Å². The molecular weight excluding hydrogens is 522 g/mol. The quantitative estimate of drug-likeness (QED) is 0.308. The SMILES string of the molecule is Cc1nc(C(=O)N2CCC[C@@]2(C)c2nc3c(C)c(C)c(Br)cc3[nH]2)c(-c2cc(F)cc(F)c2)s1. The Balaban J connectivity index is 1.58. The smallest absolute Gasteiger partial charge is 0.274 e. The van der Waals surface area contributed by atoms with Gasteiger partial charge in [-0.05, 0) is 75.4 Å². The number of amides is 1. The molecule has 0 aliphatic carbocycles. The first-order chi connectivity index (χ1) is 16.1. The van der Waals surface area contributed by atoms with Crippen LogP contribution in [-0.2, 0) is 5.54 Å². The van der Waals surface area contributed by atoms with Crippen LogP contribution in [0.25, 0.3) is 21.5 Å². The molecule has 3 heterocycles. The summed E-state index contributed by atoms with van der Waals surface area (Å²) in [6, 6.07) is 5.30. The Bertz CT molecular complexity index is 1440. The minimum Gasteiger partial charge on any atom is -0.340 e. The summed E-state index contributed by atoms with van der Waals surface area (Å²) in [5.74, 6) is -0.924. The van der Waals surface area contributed by atoms with Crippen LogP contribution in [-0.4, -0.2) is 32.3 Å². The standard InChI is InChI=1S/C25H23BrF2N4OS/c1-12-13(2)20-19(11-18(12)26)30-24(31-20)25(4)6-5-7-32(25)23(33)21-22(34-14(3)29-21)15-8-16(27)10-17(28)9-15/h8-11H,5-7H2,1-4H3,(H,30,31)/t25-/m0/s1. The number of nitrogens with one attached hydrogen (secondary N) is 1. The van der Waals surface area contributed by atoms with Crippen molar-refractivity contribution in [2.45, 2.75) is 46.1 Å². The molecule has 1 aliphatic rings. The molecule has 0 saturated carbocycles. The van der Waals surface area contributed by atoms with Gasteiger partial charge in [0.1, 0.15) is 23.2 Å². The molecule has 2 aromatic heterocycles. The van der Waals surface area contributed by atoms with E-state index in [1.807, 2.05) is 26.8 Å². The number of thiazole rings is 1. The highest BCUT2D eigenvalue weighted by Crippen LogP contribution is 2.41. The lowest BCUT2D eigenvalue weighted by molar-refractivity contribution is 0.0601. The normalized spacial score (nSPS) is 18.3. The van der Waals surface area contributed by atoms with E-state index < -0.39 is 17.2 Å². The number of aromatic amines is 1. The van der Waals surface area contributed by atoms with Gasteiger partial charge in [0.2, 0.25) is 0 Å². The molecule has 5 nitrogen and oxygen atoms in total. The largest absolute Gasteiger partial charge is 0.340 e. The van der Waals surface area contributed by atoms with E-state index in [2.05, 4.69) is 25.9 Å². The third kappa shape index (κ3) is 3.65. The second-order valence-electron chi connectivity index (χ2n) is 8.99. The Kier molecular flexibility index (Phi) is 5.60. The van der Waals surface area contributed by atoms with E-state index >= 15 is 0 Å². The molecule has 34 heavy (non-hydrogen) atoms. The molecule has 4 aromatic rings. The number of hydrogen-bond acceptors (Lipinski definition) is 4. The van der Waals surface area contributed by atoms with Crippen molar-refractivity contribution in [3.8, 4) is 10.4 Å². The fraction of sp³-hybridized carbons (Fsp3) is 0.320. The van der Waals surface area contributed by atoms with Gasteiger partial charge in [-0.25, -0.2) is 18.7 Å². The molecule has 1 amide bonds. The molecule has 1 N–H and O–H groups in total. The van der Waals surface area contributed by atoms with Crippen molar-refractivity contribution in [3.05, 3.63) is 68.0 Å². The zero-order valence-electron chi connectivity index (χ0n) is 19.2. The van der Waals surface area contributed by atoms with E-state index in [0.29, 0.717) is 22.0 Å². The second-order valence-corrected chi connectivity index (χ2v) is 11.1. The molecule has 9 heteroatoms. The van der Waals surface area contributed by atoms with Gasteiger partial charge in [0.15, 0.2) is 0 Å². The van der Waals surface area contributed by atoms with Crippen molar-refractivity contribution in [2.75, 3.05) is 6.54 Å². The molecule has 0 unspecified atom stereocenters. The number of nitrogens with zero attached hydrogens (tertiary/aromatic N) is 3. The maximum absolute atomic E-state index is 13.9. The topological polar surface area (TPSA) is 61.9 Å². The van der Waals surface area contributed by atoms with E-state index in [0.717, 1.165) is 51.4 Å². The Morgan fingerprint density at radius 1 is 1.12 bits per heavy atom. The number of H-pyrrole nitrogens is 1. The summed E-state index contributed by atoms with van der Waals surface area (Å²) >= 11 is 4.87. The van der Waals surface area contributed by atoms with Gasteiger partial charge in [-0.15, -0.1) is 11.3 Å². The molecule has 5 rings (SSSR count). The first-order valence-corrected chi connectivity index (χ1v) is 12.6. The highest BCUT2D eigenvalue weighted by molar-refractivity contribution is 9.10. The van der Waals surface area contributed by atoms with Crippen molar-refractivity contribution < 1.29 is 13.6 Å². The molecule has 0 radical (unpaired) electrons. The van der Waals surface area contributed by atoms with E-state index in [1.165, 1.54) is 23.5 Å². The molecule has 2 aromatic carbocycles. The van der Waals surface area contributed by atoms with Crippen LogP contribution in [0.2, 0.25) is 0 Å². The average Bonchev–Trinajstić information content (AvgIpc) is 3.48. The van der Waals surface area contributed by atoms with Gasteiger partial charge in [-0.1, -0.05) is 15.9 Å². The van der Waals surface area contributed by atoms with Crippen LogP contribution in [0.5, 0.6) is 0 Å². The van der Waals surface area contributed by atoms with Crippen LogP contribution in [0.1, 0.15) is 52.2 Å². The number of likely N-dealkylation sites (tertiary alicyclic amines) is 1. The molecule has 0 bridgehead atoms. The lowest BCUT2D eigenvalue weighted by Crippen LogP contribution is -2.44. The number of halogens is 3. The monoisotopic (exact) mass is 544 g/mol. The summed E-state index contributed by atoms with van der Waals surface area (Å²) in [4.78, 5) is 28.9. The zero-order chi connectivity index (χ0) is 24.4. The molecule has 176 valence electrons. The maximum atomic E-state index is 13.9. The van der Waals surface area contributed by atoms with Crippen LogP contribution in [0.15, 0.2) is 28.7 Å². The van der Waals surface area contributed by atoms with E-state index in [4.69, 9.17) is 4.98 Å². The van der Waals surface area contributed by atoms with Crippen LogP contribution < -0.4 is 0 Å². The Labute approximate surface area is 208 Å². The Morgan fingerprint density at radius 3 is 2.53 bits per heavy atom. The number of aryl methyl sites for hydroxylation is 2. The summed E-state index contributed by atoms with van der Waals surface area (Å²) in [7, 11) is 0. The van der Waals surface area contributed by atoms with Crippen LogP contribution in [0.4, 0.5) is 8.78 Å². The second kappa shape index (κ2) is 8.23. The fourth-order valence-electron chi connectivity index (χ4n) is 4.74. The Morgan fingerprint density at radius 2 is 1.82 bits per heavy atom. The van der Waals surface area contributed by atoms with Crippen molar-refractivity contribution in [2.24, 2.45) is 0 Å². The Hall–Kier alpha value is -2.65. The van der Waals surface area contributed by atoms with Crippen molar-refractivity contribution >= 4 is 44.2 Å². The fourth-order valence-corrected chi connectivity index (χ4v) is 6.16. The minimum absolute atomic E-state index is 0.214. The van der Waals surface area contributed by atoms with Crippen molar-refractivity contribution in [1.29, 1.82) is 0 Å². The first kappa shape index (κ1) is 23.1. The van der Waals surface area contributed by atoms with E-state index in [1.54, 1.807) is 11.8 Å². The van der Waals surface area contributed by atoms with E-state index in [9.17, 15) is 13.6 Å². The van der Waals surface area contributed by atoms with Crippen LogP contribution in [0.3, 0.4) is 0 Å². The molecule has 1 saturated heterocycles. The van der Waals surface area contributed by atoms with Crippen LogP contribution in [0, 0.1) is 32.4 Å². The molecular formula is C25H23BrF2N4OS. The predicted octanol–water partition coefficient (Wildman–Crippen LogP) is 6.80. The number of carbonyl (C=O) groups is 1. The number of carbonyl (C=O) groups excluding carboxylic acids is 1. The number of benzene rings is 2. The van der Waals surface area contributed by atoms with Gasteiger partial charge < -0.3 is 9.88 Å².